The number of nitrogens with one attached hydrogen (secondary N) is 1. The van der Waals surface area contributed by atoms with Crippen molar-refractivity contribution in [1.29, 1.82) is 0 Å². The van der Waals surface area contributed by atoms with Gasteiger partial charge in [0.2, 0.25) is 11.7 Å². The average Bonchev–Trinajstić information content (AvgIpc) is 3.35. The molecular formula is C24H19N3O3. The lowest BCUT2D eigenvalue weighted by atomic mass is 10.1. The van der Waals surface area contributed by atoms with Crippen molar-refractivity contribution in [2.75, 3.05) is 5.32 Å². The molecule has 0 bridgehead atoms. The molecule has 3 aromatic carbocycles. The minimum atomic E-state index is -0.235. The zero-order valence-corrected chi connectivity index (χ0v) is 16.4. The predicted octanol–water partition coefficient (Wildman–Crippen LogP) is 4.78. The minimum absolute atomic E-state index is 0.122. The highest BCUT2D eigenvalue weighted by Gasteiger charge is 2.19. The fourth-order valence-electron chi connectivity index (χ4n) is 3.72. The number of benzene rings is 3. The van der Waals surface area contributed by atoms with Crippen molar-refractivity contribution in [3.63, 3.8) is 0 Å². The Morgan fingerprint density at radius 3 is 2.70 bits per heavy atom. The van der Waals surface area contributed by atoms with E-state index in [0.29, 0.717) is 23.0 Å². The summed E-state index contributed by atoms with van der Waals surface area (Å²) in [4.78, 5) is 17.1. The second-order valence-electron chi connectivity index (χ2n) is 7.17. The summed E-state index contributed by atoms with van der Waals surface area (Å²) in [6.45, 7) is 1.84. The number of fused-ring (bicyclic) bond motifs is 3. The van der Waals surface area contributed by atoms with Crippen LogP contribution in [0.15, 0.2) is 71.3 Å². The highest BCUT2D eigenvalue weighted by atomic mass is 16.5. The maximum atomic E-state index is 13.0. The van der Waals surface area contributed by atoms with Crippen LogP contribution in [0.4, 0.5) is 5.69 Å². The number of aryl methyl sites for hydroxylation is 1. The lowest BCUT2D eigenvalue weighted by Crippen LogP contribution is -2.14. The van der Waals surface area contributed by atoms with Gasteiger partial charge in [0.05, 0.1) is 5.56 Å². The number of carbonyl (C=O) groups is 1. The van der Waals surface area contributed by atoms with E-state index < -0.39 is 0 Å². The number of nitrogens with zero attached hydrogens (tertiary/aromatic N) is 2. The van der Waals surface area contributed by atoms with Crippen LogP contribution in [-0.4, -0.2) is 16.0 Å². The molecule has 0 spiro atoms. The summed E-state index contributed by atoms with van der Waals surface area (Å²) < 4.78 is 10.7. The Kier molecular flexibility index (Phi) is 4.52. The Morgan fingerprint density at radius 2 is 1.83 bits per heavy atom. The van der Waals surface area contributed by atoms with Crippen LogP contribution in [-0.2, 0) is 13.0 Å². The topological polar surface area (TPSA) is 77.2 Å². The number of para-hydroxylation sites is 1. The van der Waals surface area contributed by atoms with Gasteiger partial charge in [-0.15, -0.1) is 0 Å². The summed E-state index contributed by atoms with van der Waals surface area (Å²) in [6.07, 6.45) is 0.923. The van der Waals surface area contributed by atoms with Crippen molar-refractivity contribution in [1.82, 2.24) is 10.1 Å². The Morgan fingerprint density at radius 1 is 1.03 bits per heavy atom. The van der Waals surface area contributed by atoms with Crippen LogP contribution in [0.25, 0.3) is 11.1 Å². The molecule has 148 valence electrons. The maximum Gasteiger partial charge on any atom is 0.259 e. The first-order valence-electron chi connectivity index (χ1n) is 9.71. The summed E-state index contributed by atoms with van der Waals surface area (Å²) in [7, 11) is 0. The van der Waals surface area contributed by atoms with Gasteiger partial charge in [0.1, 0.15) is 5.75 Å². The van der Waals surface area contributed by atoms with Crippen LogP contribution in [0.1, 0.15) is 33.2 Å². The Bertz CT molecular complexity index is 1250. The number of hydrogen-bond acceptors (Lipinski definition) is 5. The molecule has 1 aliphatic rings. The van der Waals surface area contributed by atoms with Gasteiger partial charge < -0.3 is 14.6 Å². The second kappa shape index (κ2) is 7.48. The lowest BCUT2D eigenvalue weighted by Gasteiger charge is -2.11. The molecule has 0 unspecified atom stereocenters. The molecule has 6 heteroatoms. The van der Waals surface area contributed by atoms with Gasteiger partial charge in [-0.1, -0.05) is 47.6 Å². The number of hydrogen-bond donors (Lipinski definition) is 1. The molecule has 0 saturated carbocycles. The number of aromatic nitrogens is 2. The quantitative estimate of drug-likeness (QED) is 0.462. The molecule has 4 aromatic rings. The van der Waals surface area contributed by atoms with Crippen LogP contribution in [0, 0.1) is 6.92 Å². The standard InChI is InChI=1S/C24H19N3O3/c1-15-25-23(27-30-15)14-29-22-9-5-4-8-20(22)24(28)26-18-11-10-17-12-16-6-2-3-7-19(16)21(17)13-18/h2-11,13H,12,14H2,1H3,(H,26,28). The van der Waals surface area contributed by atoms with Crippen molar-refractivity contribution in [2.45, 2.75) is 20.0 Å². The summed E-state index contributed by atoms with van der Waals surface area (Å²) in [5.74, 6) is 1.13. The summed E-state index contributed by atoms with van der Waals surface area (Å²) in [6, 6.07) is 21.5. The van der Waals surface area contributed by atoms with E-state index in [0.717, 1.165) is 12.1 Å². The van der Waals surface area contributed by atoms with Crippen LogP contribution < -0.4 is 10.1 Å². The first kappa shape index (κ1) is 18.1. The van der Waals surface area contributed by atoms with Gasteiger partial charge in [-0.05, 0) is 52.9 Å². The van der Waals surface area contributed by atoms with Crippen LogP contribution in [0.5, 0.6) is 5.75 Å². The van der Waals surface area contributed by atoms with E-state index in [1.54, 1.807) is 25.1 Å². The third-order valence-corrected chi connectivity index (χ3v) is 5.11. The number of rotatable bonds is 5. The van der Waals surface area contributed by atoms with Crippen LogP contribution >= 0.6 is 0 Å². The lowest BCUT2D eigenvalue weighted by molar-refractivity contribution is 0.102. The fraction of sp³-hybridized carbons (Fsp3) is 0.125. The van der Waals surface area contributed by atoms with Crippen molar-refractivity contribution < 1.29 is 14.1 Å². The number of ether oxygens (including phenoxy) is 1. The molecule has 0 fully saturated rings. The molecule has 0 radical (unpaired) electrons. The van der Waals surface area contributed by atoms with E-state index in [1.807, 2.05) is 24.3 Å². The normalized spacial score (nSPS) is 11.6. The molecule has 1 heterocycles. The SMILES string of the molecule is Cc1nc(COc2ccccc2C(=O)Nc2ccc3c(c2)-c2ccccc2C3)no1. The Labute approximate surface area is 173 Å². The number of anilines is 1. The molecule has 0 saturated heterocycles. The number of carbonyl (C=O) groups excluding carboxylic acids is 1. The van der Waals surface area contributed by atoms with Gasteiger partial charge in [0.25, 0.3) is 5.91 Å². The van der Waals surface area contributed by atoms with E-state index in [4.69, 9.17) is 9.26 Å². The van der Waals surface area contributed by atoms with E-state index in [2.05, 4.69) is 39.7 Å². The van der Waals surface area contributed by atoms with Crippen molar-refractivity contribution in [3.8, 4) is 16.9 Å². The van der Waals surface area contributed by atoms with Crippen molar-refractivity contribution in [2.24, 2.45) is 0 Å². The summed E-state index contributed by atoms with van der Waals surface area (Å²) >= 11 is 0. The van der Waals surface area contributed by atoms with Crippen LogP contribution in [0.3, 0.4) is 0 Å². The van der Waals surface area contributed by atoms with Gasteiger partial charge in [-0.3, -0.25) is 4.79 Å². The third kappa shape index (κ3) is 3.43. The molecular weight excluding hydrogens is 378 g/mol. The fourth-order valence-corrected chi connectivity index (χ4v) is 3.72. The molecule has 0 atom stereocenters. The van der Waals surface area contributed by atoms with Crippen LogP contribution in [0.2, 0.25) is 0 Å². The van der Waals surface area contributed by atoms with E-state index in [1.165, 1.54) is 22.3 Å². The smallest absolute Gasteiger partial charge is 0.259 e. The zero-order chi connectivity index (χ0) is 20.5. The first-order valence-corrected chi connectivity index (χ1v) is 9.71. The van der Waals surface area contributed by atoms with Crippen molar-refractivity contribution >= 4 is 11.6 Å². The monoisotopic (exact) mass is 397 g/mol. The maximum absolute atomic E-state index is 13.0. The molecule has 5 rings (SSSR count). The molecule has 1 aromatic heterocycles. The van der Waals surface area contributed by atoms with Gasteiger partial charge in [0.15, 0.2) is 6.61 Å². The highest BCUT2D eigenvalue weighted by molar-refractivity contribution is 6.06. The molecule has 1 amide bonds. The van der Waals surface area contributed by atoms with Gasteiger partial charge in [-0.25, -0.2) is 0 Å². The van der Waals surface area contributed by atoms with Gasteiger partial charge in [0, 0.05) is 12.6 Å². The molecule has 1 aliphatic carbocycles. The van der Waals surface area contributed by atoms with E-state index in [9.17, 15) is 4.79 Å². The Hall–Kier alpha value is -3.93. The molecule has 6 nitrogen and oxygen atoms in total. The second-order valence-corrected chi connectivity index (χ2v) is 7.17. The third-order valence-electron chi connectivity index (χ3n) is 5.11. The Balaban J connectivity index is 1.35. The van der Waals surface area contributed by atoms with E-state index in [-0.39, 0.29) is 12.5 Å². The molecule has 30 heavy (non-hydrogen) atoms. The zero-order valence-electron chi connectivity index (χ0n) is 16.4. The first-order chi connectivity index (χ1) is 14.7. The largest absolute Gasteiger partial charge is 0.485 e. The van der Waals surface area contributed by atoms with Gasteiger partial charge in [-0.2, -0.15) is 4.98 Å². The summed E-state index contributed by atoms with van der Waals surface area (Å²) in [5, 5.41) is 6.81. The average molecular weight is 397 g/mol. The molecule has 1 N–H and O–H groups in total. The van der Waals surface area contributed by atoms with Crippen molar-refractivity contribution in [3.05, 3.63) is 95.1 Å². The number of amides is 1. The highest BCUT2D eigenvalue weighted by Crippen LogP contribution is 2.38. The van der Waals surface area contributed by atoms with E-state index >= 15 is 0 Å². The minimum Gasteiger partial charge on any atom is -0.485 e. The molecule has 0 aliphatic heterocycles. The van der Waals surface area contributed by atoms with Gasteiger partial charge >= 0.3 is 0 Å². The summed E-state index contributed by atoms with van der Waals surface area (Å²) in [5.41, 5.74) is 6.17. The predicted molar refractivity (Wildman–Crippen MR) is 112 cm³/mol.